The van der Waals surface area contributed by atoms with Crippen molar-refractivity contribution in [3.8, 4) is 0 Å². The molecule has 0 radical (unpaired) electrons. The zero-order chi connectivity index (χ0) is 11.3. The number of likely N-dealkylation sites (tertiary alicyclic amines) is 1. The van der Waals surface area contributed by atoms with Gasteiger partial charge in [-0.3, -0.25) is 0 Å². The van der Waals surface area contributed by atoms with Crippen molar-refractivity contribution in [1.29, 1.82) is 0 Å². The van der Waals surface area contributed by atoms with Gasteiger partial charge in [-0.2, -0.15) is 0 Å². The predicted octanol–water partition coefficient (Wildman–Crippen LogP) is 2.52. The van der Waals surface area contributed by atoms with E-state index >= 15 is 0 Å². The Morgan fingerprint density at radius 3 is 2.53 bits per heavy atom. The predicted molar refractivity (Wildman–Crippen MR) is 64.9 cm³/mol. The number of aliphatic hydroxyl groups is 1. The molecule has 0 aromatic heterocycles. The van der Waals surface area contributed by atoms with E-state index in [1.165, 1.54) is 32.5 Å². The van der Waals surface area contributed by atoms with Crippen LogP contribution in [0.1, 0.15) is 46.5 Å². The third-order valence-corrected chi connectivity index (χ3v) is 3.39. The molecule has 0 amide bonds. The van der Waals surface area contributed by atoms with Crippen molar-refractivity contribution >= 4 is 0 Å². The lowest BCUT2D eigenvalue weighted by Gasteiger charge is -2.43. The molecule has 0 aromatic rings. The fourth-order valence-electron chi connectivity index (χ4n) is 2.64. The molecule has 0 aromatic carbocycles. The van der Waals surface area contributed by atoms with Gasteiger partial charge in [0.1, 0.15) is 0 Å². The van der Waals surface area contributed by atoms with Gasteiger partial charge in [-0.1, -0.05) is 27.2 Å². The van der Waals surface area contributed by atoms with Gasteiger partial charge in [0.25, 0.3) is 0 Å². The fraction of sp³-hybridized carbons (Fsp3) is 1.00. The minimum atomic E-state index is 0.335. The van der Waals surface area contributed by atoms with Gasteiger partial charge in [0.05, 0.1) is 0 Å². The second-order valence-corrected chi connectivity index (χ2v) is 5.84. The SMILES string of the molecule is CCCC1CN(CC(C)(C)CCCO)C1. The van der Waals surface area contributed by atoms with E-state index < -0.39 is 0 Å². The molecule has 1 saturated heterocycles. The van der Waals surface area contributed by atoms with E-state index in [1.54, 1.807) is 0 Å². The molecule has 0 aliphatic carbocycles. The van der Waals surface area contributed by atoms with E-state index in [-0.39, 0.29) is 0 Å². The van der Waals surface area contributed by atoms with Gasteiger partial charge in [0, 0.05) is 26.2 Å². The summed E-state index contributed by atoms with van der Waals surface area (Å²) in [5.74, 6) is 0.962. The Morgan fingerprint density at radius 2 is 2.00 bits per heavy atom. The molecule has 0 atom stereocenters. The molecule has 15 heavy (non-hydrogen) atoms. The summed E-state index contributed by atoms with van der Waals surface area (Å²) in [5.41, 5.74) is 0.375. The summed E-state index contributed by atoms with van der Waals surface area (Å²) in [7, 11) is 0. The summed E-state index contributed by atoms with van der Waals surface area (Å²) in [5, 5.41) is 8.83. The summed E-state index contributed by atoms with van der Waals surface area (Å²) in [6.07, 6.45) is 4.80. The van der Waals surface area contributed by atoms with Crippen LogP contribution in [0.2, 0.25) is 0 Å². The van der Waals surface area contributed by atoms with Crippen LogP contribution in [-0.4, -0.2) is 36.2 Å². The molecule has 2 nitrogen and oxygen atoms in total. The molecule has 1 N–H and O–H groups in total. The van der Waals surface area contributed by atoms with E-state index in [2.05, 4.69) is 25.7 Å². The maximum Gasteiger partial charge on any atom is 0.0431 e. The summed E-state index contributed by atoms with van der Waals surface area (Å²) in [6.45, 7) is 11.0. The smallest absolute Gasteiger partial charge is 0.0431 e. The summed E-state index contributed by atoms with van der Waals surface area (Å²) in [4.78, 5) is 2.57. The molecule has 0 bridgehead atoms. The van der Waals surface area contributed by atoms with Gasteiger partial charge in [0.15, 0.2) is 0 Å². The molecular weight excluding hydrogens is 186 g/mol. The molecular formula is C13H27NO. The molecule has 2 heteroatoms. The van der Waals surface area contributed by atoms with Crippen LogP contribution in [0.15, 0.2) is 0 Å². The summed E-state index contributed by atoms with van der Waals surface area (Å²) >= 11 is 0. The first-order chi connectivity index (χ1) is 7.07. The Hall–Kier alpha value is -0.0800. The van der Waals surface area contributed by atoms with Gasteiger partial charge in [-0.05, 0) is 30.6 Å². The van der Waals surface area contributed by atoms with Crippen LogP contribution in [0.3, 0.4) is 0 Å². The highest BCUT2D eigenvalue weighted by Crippen LogP contribution is 2.28. The van der Waals surface area contributed by atoms with Crippen LogP contribution in [-0.2, 0) is 0 Å². The molecule has 0 spiro atoms. The average Bonchev–Trinajstić information content (AvgIpc) is 2.11. The maximum absolute atomic E-state index is 8.83. The highest BCUT2D eigenvalue weighted by Gasteiger charge is 2.30. The Morgan fingerprint density at radius 1 is 1.33 bits per heavy atom. The van der Waals surface area contributed by atoms with Crippen LogP contribution >= 0.6 is 0 Å². The number of nitrogens with zero attached hydrogens (tertiary/aromatic N) is 1. The molecule has 0 unspecified atom stereocenters. The van der Waals surface area contributed by atoms with E-state index in [9.17, 15) is 0 Å². The van der Waals surface area contributed by atoms with Crippen molar-refractivity contribution in [2.75, 3.05) is 26.2 Å². The number of aliphatic hydroxyl groups excluding tert-OH is 1. The van der Waals surface area contributed by atoms with Gasteiger partial charge in [-0.25, -0.2) is 0 Å². The van der Waals surface area contributed by atoms with E-state index in [0.29, 0.717) is 12.0 Å². The number of hydrogen-bond acceptors (Lipinski definition) is 2. The highest BCUT2D eigenvalue weighted by atomic mass is 16.2. The fourth-order valence-corrected chi connectivity index (χ4v) is 2.64. The number of rotatable bonds is 7. The first-order valence-electron chi connectivity index (χ1n) is 6.40. The van der Waals surface area contributed by atoms with Gasteiger partial charge >= 0.3 is 0 Å². The Balaban J connectivity index is 2.14. The summed E-state index contributed by atoms with van der Waals surface area (Å²) < 4.78 is 0. The maximum atomic E-state index is 8.83. The lowest BCUT2D eigenvalue weighted by Crippen LogP contribution is -2.50. The van der Waals surface area contributed by atoms with Crippen molar-refractivity contribution in [3.05, 3.63) is 0 Å². The largest absolute Gasteiger partial charge is 0.396 e. The molecule has 1 fully saturated rings. The lowest BCUT2D eigenvalue weighted by molar-refractivity contribution is 0.0484. The molecule has 1 rings (SSSR count). The topological polar surface area (TPSA) is 23.5 Å². The third kappa shape index (κ3) is 4.52. The lowest BCUT2D eigenvalue weighted by atomic mass is 9.84. The van der Waals surface area contributed by atoms with Crippen LogP contribution in [0.4, 0.5) is 0 Å². The molecule has 1 heterocycles. The standard InChI is InChI=1S/C13H27NO/c1-4-6-12-9-14(10-12)11-13(2,3)7-5-8-15/h12,15H,4-11H2,1-3H3. The molecule has 90 valence electrons. The number of hydrogen-bond donors (Lipinski definition) is 1. The van der Waals surface area contributed by atoms with Crippen molar-refractivity contribution in [2.24, 2.45) is 11.3 Å². The van der Waals surface area contributed by atoms with Gasteiger partial charge in [-0.15, -0.1) is 0 Å². The third-order valence-electron chi connectivity index (χ3n) is 3.39. The Kier molecular flexibility index (Phi) is 5.07. The Bertz CT molecular complexity index is 173. The van der Waals surface area contributed by atoms with Crippen molar-refractivity contribution in [2.45, 2.75) is 46.5 Å². The van der Waals surface area contributed by atoms with E-state index in [4.69, 9.17) is 5.11 Å². The van der Waals surface area contributed by atoms with Crippen LogP contribution < -0.4 is 0 Å². The average molecular weight is 213 g/mol. The van der Waals surface area contributed by atoms with Crippen molar-refractivity contribution in [1.82, 2.24) is 4.90 Å². The van der Waals surface area contributed by atoms with Crippen LogP contribution in [0, 0.1) is 11.3 Å². The molecule has 1 aliphatic rings. The second kappa shape index (κ2) is 5.86. The van der Waals surface area contributed by atoms with Gasteiger partial charge < -0.3 is 10.0 Å². The quantitative estimate of drug-likeness (QED) is 0.702. The van der Waals surface area contributed by atoms with Crippen molar-refractivity contribution in [3.63, 3.8) is 0 Å². The minimum absolute atomic E-state index is 0.335. The normalized spacial score (nSPS) is 19.2. The zero-order valence-corrected chi connectivity index (χ0v) is 10.6. The van der Waals surface area contributed by atoms with E-state index in [0.717, 1.165) is 18.8 Å². The first kappa shape index (κ1) is 13.0. The zero-order valence-electron chi connectivity index (χ0n) is 10.6. The van der Waals surface area contributed by atoms with Gasteiger partial charge in [0.2, 0.25) is 0 Å². The van der Waals surface area contributed by atoms with Crippen molar-refractivity contribution < 1.29 is 5.11 Å². The minimum Gasteiger partial charge on any atom is -0.396 e. The first-order valence-corrected chi connectivity index (χ1v) is 6.40. The monoisotopic (exact) mass is 213 g/mol. The van der Waals surface area contributed by atoms with Crippen LogP contribution in [0.5, 0.6) is 0 Å². The van der Waals surface area contributed by atoms with Crippen LogP contribution in [0.25, 0.3) is 0 Å². The highest BCUT2D eigenvalue weighted by molar-refractivity contribution is 4.84. The molecule has 1 aliphatic heterocycles. The molecule has 0 saturated carbocycles. The Labute approximate surface area is 94.7 Å². The van der Waals surface area contributed by atoms with E-state index in [1.807, 2.05) is 0 Å². The summed E-state index contributed by atoms with van der Waals surface area (Å²) in [6, 6.07) is 0. The second-order valence-electron chi connectivity index (χ2n) is 5.84.